The lowest BCUT2D eigenvalue weighted by Gasteiger charge is -2.21. The average molecular weight is 283 g/mol. The van der Waals surface area contributed by atoms with Crippen LogP contribution in [0.4, 0.5) is 0 Å². The van der Waals surface area contributed by atoms with Gasteiger partial charge in [-0.15, -0.1) is 0 Å². The van der Waals surface area contributed by atoms with E-state index in [4.69, 9.17) is 4.74 Å². The fraction of sp³-hybridized carbons (Fsp3) is 0.368. The van der Waals surface area contributed by atoms with Gasteiger partial charge in [0.25, 0.3) is 0 Å². The highest BCUT2D eigenvalue weighted by Crippen LogP contribution is 2.22. The molecule has 21 heavy (non-hydrogen) atoms. The Morgan fingerprint density at radius 1 is 0.952 bits per heavy atom. The minimum absolute atomic E-state index is 0.302. The zero-order chi connectivity index (χ0) is 15.2. The number of nitrogens with one attached hydrogen (secondary N) is 1. The van der Waals surface area contributed by atoms with E-state index in [9.17, 15) is 0 Å². The van der Waals surface area contributed by atoms with E-state index >= 15 is 0 Å². The van der Waals surface area contributed by atoms with E-state index in [0.29, 0.717) is 18.7 Å². The molecule has 1 unspecified atom stereocenters. The van der Waals surface area contributed by atoms with Gasteiger partial charge in [0.15, 0.2) is 0 Å². The van der Waals surface area contributed by atoms with Crippen LogP contribution in [-0.2, 0) is 0 Å². The molecule has 0 fully saturated rings. The van der Waals surface area contributed by atoms with E-state index in [1.807, 2.05) is 19.1 Å². The van der Waals surface area contributed by atoms with Crippen molar-refractivity contribution in [2.45, 2.75) is 39.8 Å². The predicted octanol–water partition coefficient (Wildman–Crippen LogP) is 4.81. The van der Waals surface area contributed by atoms with E-state index in [-0.39, 0.29) is 0 Å². The highest BCUT2D eigenvalue weighted by Gasteiger charge is 2.11. The monoisotopic (exact) mass is 283 g/mol. The minimum atomic E-state index is 0.302. The number of benzene rings is 2. The summed E-state index contributed by atoms with van der Waals surface area (Å²) in [5.41, 5.74) is 3.90. The van der Waals surface area contributed by atoms with Crippen LogP contribution in [0.5, 0.6) is 5.75 Å². The molecule has 0 aliphatic rings. The first-order valence-electron chi connectivity index (χ1n) is 7.65. The van der Waals surface area contributed by atoms with Gasteiger partial charge in [-0.1, -0.05) is 42.0 Å². The standard InChI is InChI=1S/C19H25NO/c1-5-21-19-11-9-17(10-12-19)15(3)20-16(4)18-8-6-7-14(2)13-18/h6-13,15-16,20H,5H2,1-4H3/t15?,16-/m0/s1. The maximum Gasteiger partial charge on any atom is 0.119 e. The fourth-order valence-corrected chi connectivity index (χ4v) is 2.53. The van der Waals surface area contributed by atoms with Gasteiger partial charge in [0.2, 0.25) is 0 Å². The average Bonchev–Trinajstić information content (AvgIpc) is 2.48. The number of hydrogen-bond donors (Lipinski definition) is 1. The number of ether oxygens (including phenoxy) is 1. The third kappa shape index (κ3) is 4.33. The van der Waals surface area contributed by atoms with Crippen molar-refractivity contribution in [2.24, 2.45) is 0 Å². The van der Waals surface area contributed by atoms with Crippen molar-refractivity contribution in [1.82, 2.24) is 5.32 Å². The Bertz CT molecular complexity index is 562. The summed E-state index contributed by atoms with van der Waals surface area (Å²) >= 11 is 0. The number of hydrogen-bond acceptors (Lipinski definition) is 2. The van der Waals surface area contributed by atoms with Crippen LogP contribution in [0, 0.1) is 6.92 Å². The number of aryl methyl sites for hydroxylation is 1. The molecule has 112 valence electrons. The second kappa shape index (κ2) is 7.28. The molecule has 0 spiro atoms. The Hall–Kier alpha value is -1.80. The van der Waals surface area contributed by atoms with Crippen LogP contribution < -0.4 is 10.1 Å². The summed E-state index contributed by atoms with van der Waals surface area (Å²) in [5, 5.41) is 3.65. The zero-order valence-electron chi connectivity index (χ0n) is 13.4. The molecule has 2 atom stereocenters. The van der Waals surface area contributed by atoms with Crippen LogP contribution in [0.3, 0.4) is 0 Å². The molecule has 0 heterocycles. The van der Waals surface area contributed by atoms with E-state index < -0.39 is 0 Å². The van der Waals surface area contributed by atoms with Gasteiger partial charge in [0.1, 0.15) is 5.75 Å². The van der Waals surface area contributed by atoms with Gasteiger partial charge in [0, 0.05) is 12.1 Å². The summed E-state index contributed by atoms with van der Waals surface area (Å²) < 4.78 is 5.48. The first-order valence-corrected chi connectivity index (χ1v) is 7.65. The van der Waals surface area contributed by atoms with Gasteiger partial charge in [-0.05, 0) is 51.0 Å². The maximum absolute atomic E-state index is 5.48. The smallest absolute Gasteiger partial charge is 0.119 e. The third-order valence-electron chi connectivity index (χ3n) is 3.73. The van der Waals surface area contributed by atoms with Gasteiger partial charge in [-0.2, -0.15) is 0 Å². The Kier molecular flexibility index (Phi) is 5.40. The first-order chi connectivity index (χ1) is 10.1. The highest BCUT2D eigenvalue weighted by atomic mass is 16.5. The molecular formula is C19H25NO. The van der Waals surface area contributed by atoms with E-state index in [2.05, 4.69) is 62.5 Å². The van der Waals surface area contributed by atoms with Gasteiger partial charge < -0.3 is 10.1 Å². The van der Waals surface area contributed by atoms with Crippen LogP contribution in [0.1, 0.15) is 49.5 Å². The van der Waals surface area contributed by atoms with Crippen molar-refractivity contribution in [3.05, 3.63) is 65.2 Å². The van der Waals surface area contributed by atoms with Crippen molar-refractivity contribution in [2.75, 3.05) is 6.61 Å². The van der Waals surface area contributed by atoms with Crippen LogP contribution in [-0.4, -0.2) is 6.61 Å². The zero-order valence-corrected chi connectivity index (χ0v) is 13.4. The summed E-state index contributed by atoms with van der Waals surface area (Å²) in [5.74, 6) is 0.931. The molecule has 2 nitrogen and oxygen atoms in total. The summed E-state index contributed by atoms with van der Waals surface area (Å²) in [4.78, 5) is 0. The quantitative estimate of drug-likeness (QED) is 0.821. The SMILES string of the molecule is CCOc1ccc(C(C)N[C@@H](C)c2cccc(C)c2)cc1. The van der Waals surface area contributed by atoms with Crippen molar-refractivity contribution < 1.29 is 4.74 Å². The molecule has 0 aliphatic carbocycles. The lowest BCUT2D eigenvalue weighted by atomic mass is 10.0. The van der Waals surface area contributed by atoms with Gasteiger partial charge in [0.05, 0.1) is 6.61 Å². The Morgan fingerprint density at radius 2 is 1.62 bits per heavy atom. The minimum Gasteiger partial charge on any atom is -0.494 e. The Balaban J connectivity index is 2.01. The fourth-order valence-electron chi connectivity index (χ4n) is 2.53. The third-order valence-corrected chi connectivity index (χ3v) is 3.73. The summed E-state index contributed by atoms with van der Waals surface area (Å²) in [6.07, 6.45) is 0. The predicted molar refractivity (Wildman–Crippen MR) is 88.8 cm³/mol. The van der Waals surface area contributed by atoms with Crippen molar-refractivity contribution >= 4 is 0 Å². The van der Waals surface area contributed by atoms with Crippen LogP contribution in [0.2, 0.25) is 0 Å². The van der Waals surface area contributed by atoms with Gasteiger partial charge >= 0.3 is 0 Å². The molecular weight excluding hydrogens is 258 g/mol. The first kappa shape index (κ1) is 15.6. The highest BCUT2D eigenvalue weighted by molar-refractivity contribution is 5.30. The summed E-state index contributed by atoms with van der Waals surface area (Å²) in [6.45, 7) is 9.24. The van der Waals surface area contributed by atoms with Gasteiger partial charge in [-0.3, -0.25) is 0 Å². The largest absolute Gasteiger partial charge is 0.494 e. The second-order valence-corrected chi connectivity index (χ2v) is 5.53. The number of rotatable bonds is 6. The van der Waals surface area contributed by atoms with Crippen molar-refractivity contribution in [1.29, 1.82) is 0 Å². The van der Waals surface area contributed by atoms with Crippen molar-refractivity contribution in [3.63, 3.8) is 0 Å². The Labute approximate surface area is 128 Å². The molecule has 0 amide bonds. The van der Waals surface area contributed by atoms with Crippen molar-refractivity contribution in [3.8, 4) is 5.75 Å². The topological polar surface area (TPSA) is 21.3 Å². The molecule has 0 aliphatic heterocycles. The second-order valence-electron chi connectivity index (χ2n) is 5.53. The van der Waals surface area contributed by atoms with E-state index in [1.165, 1.54) is 16.7 Å². The molecule has 2 heteroatoms. The van der Waals surface area contributed by atoms with Crippen LogP contribution in [0.25, 0.3) is 0 Å². The molecule has 1 N–H and O–H groups in total. The molecule has 2 rings (SSSR count). The summed E-state index contributed by atoms with van der Waals surface area (Å²) in [6, 6.07) is 17.6. The van der Waals surface area contributed by atoms with Crippen LogP contribution >= 0.6 is 0 Å². The normalized spacial score (nSPS) is 13.7. The molecule has 0 radical (unpaired) electrons. The molecule has 0 bridgehead atoms. The molecule has 2 aromatic rings. The van der Waals surface area contributed by atoms with Crippen LogP contribution in [0.15, 0.2) is 48.5 Å². The molecule has 0 saturated carbocycles. The lowest BCUT2D eigenvalue weighted by molar-refractivity contribution is 0.340. The molecule has 0 saturated heterocycles. The van der Waals surface area contributed by atoms with E-state index in [1.54, 1.807) is 0 Å². The lowest BCUT2D eigenvalue weighted by Crippen LogP contribution is -2.22. The molecule has 2 aromatic carbocycles. The molecule has 0 aromatic heterocycles. The summed E-state index contributed by atoms with van der Waals surface area (Å²) in [7, 11) is 0. The Morgan fingerprint density at radius 3 is 2.24 bits per heavy atom. The van der Waals surface area contributed by atoms with Gasteiger partial charge in [-0.25, -0.2) is 0 Å². The maximum atomic E-state index is 5.48. The van der Waals surface area contributed by atoms with E-state index in [0.717, 1.165) is 5.75 Å².